The first kappa shape index (κ1) is 9.99. The Morgan fingerprint density at radius 2 is 1.67 bits per heavy atom. The highest BCUT2D eigenvalue weighted by Gasteiger charge is 2.37. The van der Waals surface area contributed by atoms with Gasteiger partial charge in [0.1, 0.15) is 0 Å². The summed E-state index contributed by atoms with van der Waals surface area (Å²) in [6, 6.07) is 0. The van der Waals surface area contributed by atoms with Crippen LogP contribution < -0.4 is 0 Å². The lowest BCUT2D eigenvalue weighted by molar-refractivity contribution is -0.0138. The monoisotopic (exact) mass is 192 g/mol. The number of aliphatic hydroxyl groups is 1. The topological polar surface area (TPSA) is 54.4 Å². The Kier molecular flexibility index (Phi) is 2.50. The van der Waals surface area contributed by atoms with Gasteiger partial charge in [-0.05, 0) is 18.8 Å². The zero-order valence-corrected chi connectivity index (χ0v) is 8.39. The molecule has 0 unspecified atom stereocenters. The van der Waals surface area contributed by atoms with Crippen molar-refractivity contribution in [2.45, 2.75) is 32.3 Å². The quantitative estimate of drug-likeness (QED) is 0.661. The minimum Gasteiger partial charge on any atom is -0.390 e. The largest absolute Gasteiger partial charge is 0.390 e. The van der Waals surface area contributed by atoms with Crippen LogP contribution in [0.25, 0.3) is 0 Å². The highest BCUT2D eigenvalue weighted by Crippen LogP contribution is 2.30. The fourth-order valence-corrected chi connectivity index (χ4v) is 3.00. The van der Waals surface area contributed by atoms with Gasteiger partial charge in [-0.15, -0.1) is 0 Å². The fourth-order valence-electron chi connectivity index (χ4n) is 1.47. The van der Waals surface area contributed by atoms with Gasteiger partial charge in [-0.25, -0.2) is 8.42 Å². The van der Waals surface area contributed by atoms with Gasteiger partial charge < -0.3 is 5.11 Å². The average molecular weight is 192 g/mol. The Labute approximate surface area is 73.7 Å². The summed E-state index contributed by atoms with van der Waals surface area (Å²) in [5.41, 5.74) is -0.745. The number of rotatable bonds is 1. The zero-order valence-electron chi connectivity index (χ0n) is 7.58. The van der Waals surface area contributed by atoms with E-state index in [0.29, 0.717) is 12.8 Å². The van der Waals surface area contributed by atoms with Crippen LogP contribution in [0.1, 0.15) is 26.7 Å². The normalized spacial score (nSPS) is 27.3. The van der Waals surface area contributed by atoms with Crippen LogP contribution in [0.3, 0.4) is 0 Å². The molecule has 1 saturated heterocycles. The number of hydrogen-bond donors (Lipinski definition) is 1. The molecule has 0 aromatic rings. The van der Waals surface area contributed by atoms with E-state index in [1.54, 1.807) is 0 Å². The van der Waals surface area contributed by atoms with E-state index >= 15 is 0 Å². The first-order valence-corrected chi connectivity index (χ1v) is 6.11. The van der Waals surface area contributed by atoms with Crippen LogP contribution in [-0.4, -0.2) is 30.6 Å². The molecule has 0 aromatic heterocycles. The van der Waals surface area contributed by atoms with E-state index in [0.717, 1.165) is 0 Å². The van der Waals surface area contributed by atoms with Crippen LogP contribution in [0.4, 0.5) is 0 Å². The lowest BCUT2D eigenvalue weighted by atomic mass is 9.85. The number of hydrogen-bond acceptors (Lipinski definition) is 3. The minimum atomic E-state index is -2.85. The number of sulfone groups is 1. The summed E-state index contributed by atoms with van der Waals surface area (Å²) in [7, 11) is -2.85. The lowest BCUT2D eigenvalue weighted by Crippen LogP contribution is -2.43. The van der Waals surface area contributed by atoms with Crippen LogP contribution in [0.2, 0.25) is 0 Å². The van der Waals surface area contributed by atoms with Crippen molar-refractivity contribution in [2.75, 3.05) is 11.5 Å². The van der Waals surface area contributed by atoms with Gasteiger partial charge in [0.15, 0.2) is 9.84 Å². The molecule has 0 bridgehead atoms. The molecule has 0 aromatic carbocycles. The molecule has 3 nitrogen and oxygen atoms in total. The predicted molar refractivity (Wildman–Crippen MR) is 47.7 cm³/mol. The summed E-state index contributed by atoms with van der Waals surface area (Å²) in [5.74, 6) is 0.427. The molecule has 1 N–H and O–H groups in total. The molecule has 0 saturated carbocycles. The molecule has 72 valence electrons. The van der Waals surface area contributed by atoms with E-state index < -0.39 is 15.4 Å². The van der Waals surface area contributed by atoms with Gasteiger partial charge in [0, 0.05) is 0 Å². The first-order valence-electron chi connectivity index (χ1n) is 4.28. The van der Waals surface area contributed by atoms with Crippen molar-refractivity contribution in [3.05, 3.63) is 0 Å². The molecule has 0 spiro atoms. The van der Waals surface area contributed by atoms with E-state index in [1.165, 1.54) is 0 Å². The van der Waals surface area contributed by atoms with Crippen molar-refractivity contribution in [1.82, 2.24) is 0 Å². The minimum absolute atomic E-state index is 0.141. The van der Waals surface area contributed by atoms with Gasteiger partial charge in [0.2, 0.25) is 0 Å². The van der Waals surface area contributed by atoms with Gasteiger partial charge in [-0.2, -0.15) is 0 Å². The third-order valence-corrected chi connectivity index (χ3v) is 4.42. The Morgan fingerprint density at radius 1 is 1.25 bits per heavy atom. The summed E-state index contributed by atoms with van der Waals surface area (Å²) in [6.07, 6.45) is 0.792. The molecular formula is C8H16O3S. The van der Waals surface area contributed by atoms with Crippen molar-refractivity contribution < 1.29 is 13.5 Å². The van der Waals surface area contributed by atoms with Gasteiger partial charge in [0.25, 0.3) is 0 Å². The first-order chi connectivity index (χ1) is 5.36. The molecule has 1 aliphatic rings. The molecule has 1 aliphatic heterocycles. The molecular weight excluding hydrogens is 176 g/mol. The predicted octanol–water partition coefficient (Wildman–Crippen LogP) is 0.582. The van der Waals surface area contributed by atoms with Crippen LogP contribution in [-0.2, 0) is 9.84 Å². The van der Waals surface area contributed by atoms with Crippen LogP contribution in [0, 0.1) is 5.92 Å². The second-order valence-electron chi connectivity index (χ2n) is 3.91. The molecule has 1 rings (SSSR count). The van der Waals surface area contributed by atoms with Gasteiger partial charge >= 0.3 is 0 Å². The Hall–Kier alpha value is -0.0900. The van der Waals surface area contributed by atoms with Crippen LogP contribution in [0.15, 0.2) is 0 Å². The standard InChI is InChI=1S/C8H16O3S/c1-7(2)8(9)3-5-12(10,11)6-4-8/h7,9H,3-6H2,1-2H3. The Balaban J connectivity index is 2.68. The zero-order chi connectivity index (χ0) is 9.41. The van der Waals surface area contributed by atoms with Gasteiger partial charge in [-0.1, -0.05) is 13.8 Å². The van der Waals surface area contributed by atoms with Crippen LogP contribution in [0.5, 0.6) is 0 Å². The molecule has 0 radical (unpaired) electrons. The van der Waals surface area contributed by atoms with E-state index in [1.807, 2.05) is 13.8 Å². The summed E-state index contributed by atoms with van der Waals surface area (Å²) in [5, 5.41) is 9.92. The third-order valence-electron chi connectivity index (χ3n) is 2.77. The van der Waals surface area contributed by atoms with E-state index in [4.69, 9.17) is 0 Å². The van der Waals surface area contributed by atoms with Crippen molar-refractivity contribution in [1.29, 1.82) is 0 Å². The van der Waals surface area contributed by atoms with Crippen LogP contribution >= 0.6 is 0 Å². The highest BCUT2D eigenvalue weighted by molar-refractivity contribution is 7.91. The lowest BCUT2D eigenvalue weighted by Gasteiger charge is -2.35. The summed E-state index contributed by atoms with van der Waals surface area (Å²) in [6.45, 7) is 3.86. The smallest absolute Gasteiger partial charge is 0.150 e. The third kappa shape index (κ3) is 1.98. The summed E-state index contributed by atoms with van der Waals surface area (Å²) < 4.78 is 22.1. The molecule has 0 aliphatic carbocycles. The molecule has 12 heavy (non-hydrogen) atoms. The van der Waals surface area contributed by atoms with Crippen molar-refractivity contribution in [3.8, 4) is 0 Å². The van der Waals surface area contributed by atoms with Crippen molar-refractivity contribution in [2.24, 2.45) is 5.92 Å². The van der Waals surface area contributed by atoms with E-state index in [9.17, 15) is 13.5 Å². The van der Waals surface area contributed by atoms with Gasteiger partial charge in [0.05, 0.1) is 17.1 Å². The van der Waals surface area contributed by atoms with E-state index in [2.05, 4.69) is 0 Å². The molecule has 0 atom stereocenters. The molecule has 4 heteroatoms. The second-order valence-corrected chi connectivity index (χ2v) is 6.21. The Morgan fingerprint density at radius 3 is 2.00 bits per heavy atom. The maximum atomic E-state index is 11.0. The maximum Gasteiger partial charge on any atom is 0.150 e. The molecule has 1 heterocycles. The van der Waals surface area contributed by atoms with Crippen molar-refractivity contribution in [3.63, 3.8) is 0 Å². The Bertz CT molecular complexity index is 239. The molecule has 0 amide bonds. The second kappa shape index (κ2) is 3.00. The molecule has 1 fully saturated rings. The maximum absolute atomic E-state index is 11.0. The van der Waals surface area contributed by atoms with E-state index in [-0.39, 0.29) is 17.4 Å². The highest BCUT2D eigenvalue weighted by atomic mass is 32.2. The van der Waals surface area contributed by atoms with Gasteiger partial charge in [-0.3, -0.25) is 0 Å². The summed E-state index contributed by atoms with van der Waals surface area (Å²) >= 11 is 0. The SMILES string of the molecule is CC(C)C1(O)CCS(=O)(=O)CC1. The summed E-state index contributed by atoms with van der Waals surface area (Å²) in [4.78, 5) is 0. The average Bonchev–Trinajstić information content (AvgIpc) is 1.96. The van der Waals surface area contributed by atoms with Crippen molar-refractivity contribution >= 4 is 9.84 Å². The fraction of sp³-hybridized carbons (Fsp3) is 1.00.